The summed E-state index contributed by atoms with van der Waals surface area (Å²) in [5, 5.41) is 31.4. The van der Waals surface area contributed by atoms with Crippen LogP contribution in [0.3, 0.4) is 0 Å². The van der Waals surface area contributed by atoms with E-state index in [0.29, 0.717) is 43.1 Å². The molecule has 1 saturated carbocycles. The number of hydrogen-bond donors (Lipinski definition) is 3. The number of hydrogen-bond acceptors (Lipinski definition) is 11. The molecule has 0 amide bonds. The lowest BCUT2D eigenvalue weighted by molar-refractivity contribution is -0.870. The molecule has 334 valence electrons. The van der Waals surface area contributed by atoms with E-state index in [4.69, 9.17) is 18.5 Å². The van der Waals surface area contributed by atoms with Crippen LogP contribution in [-0.4, -0.2) is 104 Å². The van der Waals surface area contributed by atoms with E-state index in [1.54, 1.807) is 6.08 Å². The summed E-state index contributed by atoms with van der Waals surface area (Å²) in [6.07, 6.45) is 25.8. The number of phosphoric ester groups is 1. The number of carbonyl (C=O) groups excluding carboxylic acids is 2. The highest BCUT2D eigenvalue weighted by Gasteiger charge is 2.39. The molecule has 13 heteroatoms. The van der Waals surface area contributed by atoms with E-state index < -0.39 is 50.8 Å². The summed E-state index contributed by atoms with van der Waals surface area (Å²) in [6, 6.07) is 0. The first-order valence-electron chi connectivity index (χ1n) is 22.3. The third-order valence-corrected chi connectivity index (χ3v) is 11.5. The molecule has 3 N–H and O–H groups in total. The van der Waals surface area contributed by atoms with Gasteiger partial charge in [-0.05, 0) is 38.0 Å². The van der Waals surface area contributed by atoms with Crippen LogP contribution in [0, 0.1) is 11.8 Å². The number of likely N-dealkylation sites (N-methyl/N-ethyl adjacent to an activating group) is 1. The van der Waals surface area contributed by atoms with Gasteiger partial charge in [0.2, 0.25) is 0 Å². The summed E-state index contributed by atoms with van der Waals surface area (Å²) in [5.41, 5.74) is 0. The summed E-state index contributed by atoms with van der Waals surface area (Å²) >= 11 is 0. The van der Waals surface area contributed by atoms with Crippen LogP contribution in [0.1, 0.15) is 162 Å². The number of allylic oxidation sites excluding steroid dienone is 2. The molecule has 12 nitrogen and oxygen atoms in total. The fraction of sp³-hybridized carbons (Fsp3) is 0.864. The van der Waals surface area contributed by atoms with Gasteiger partial charge in [0.1, 0.15) is 19.8 Å². The largest absolute Gasteiger partial charge is 0.756 e. The van der Waals surface area contributed by atoms with Crippen molar-refractivity contribution < 1.29 is 57.4 Å². The van der Waals surface area contributed by atoms with E-state index in [1.807, 2.05) is 39.4 Å². The molecule has 0 aromatic carbocycles. The fourth-order valence-corrected chi connectivity index (χ4v) is 7.67. The molecule has 0 aromatic rings. The van der Waals surface area contributed by atoms with Crippen molar-refractivity contribution in [3.8, 4) is 0 Å². The van der Waals surface area contributed by atoms with E-state index in [-0.39, 0.29) is 44.3 Å². The smallest absolute Gasteiger partial charge is 0.306 e. The number of phosphoric acid groups is 1. The first-order chi connectivity index (χ1) is 27.2. The van der Waals surface area contributed by atoms with Crippen LogP contribution in [0.2, 0.25) is 0 Å². The molecule has 0 radical (unpaired) electrons. The van der Waals surface area contributed by atoms with Crippen LogP contribution in [0.5, 0.6) is 0 Å². The van der Waals surface area contributed by atoms with Crippen molar-refractivity contribution in [2.45, 2.75) is 186 Å². The van der Waals surface area contributed by atoms with Crippen LogP contribution in [-0.2, 0) is 32.7 Å². The topological polar surface area (TPSA) is 172 Å². The van der Waals surface area contributed by atoms with E-state index in [0.717, 1.165) is 38.5 Å². The van der Waals surface area contributed by atoms with E-state index in [9.17, 15) is 34.4 Å². The molecular formula is C44H82NO11P. The predicted octanol–water partition coefficient (Wildman–Crippen LogP) is 8.10. The summed E-state index contributed by atoms with van der Waals surface area (Å²) < 4.78 is 33.8. The third-order valence-electron chi connectivity index (χ3n) is 10.5. The molecule has 0 saturated heterocycles. The molecule has 7 atom stereocenters. The number of rotatable bonds is 36. The molecule has 1 rings (SSSR count). The summed E-state index contributed by atoms with van der Waals surface area (Å²) in [4.78, 5) is 37.7. The van der Waals surface area contributed by atoms with Gasteiger partial charge < -0.3 is 43.2 Å². The summed E-state index contributed by atoms with van der Waals surface area (Å²) in [5.74, 6) is -1.44. The minimum Gasteiger partial charge on any atom is -0.756 e. The van der Waals surface area contributed by atoms with Crippen LogP contribution in [0.15, 0.2) is 24.3 Å². The maximum atomic E-state index is 12.8. The lowest BCUT2D eigenvalue weighted by atomic mass is 9.89. The Bertz CT molecular complexity index is 1140. The zero-order valence-electron chi connectivity index (χ0n) is 36.4. The average Bonchev–Trinajstić information content (AvgIpc) is 3.41. The second kappa shape index (κ2) is 32.2. The van der Waals surface area contributed by atoms with Crippen molar-refractivity contribution in [2.24, 2.45) is 11.8 Å². The number of unbranched alkanes of at least 4 members (excludes halogenated alkanes) is 15. The van der Waals surface area contributed by atoms with Crippen molar-refractivity contribution in [2.75, 3.05) is 47.5 Å². The summed E-state index contributed by atoms with van der Waals surface area (Å²) in [7, 11) is 1.02. The van der Waals surface area contributed by atoms with Crippen molar-refractivity contribution >= 4 is 19.8 Å². The number of quaternary nitrogens is 1. The first kappa shape index (κ1) is 53.4. The van der Waals surface area contributed by atoms with Gasteiger partial charge in [0.25, 0.3) is 7.82 Å². The second-order valence-electron chi connectivity index (χ2n) is 17.0. The predicted molar refractivity (Wildman–Crippen MR) is 224 cm³/mol. The highest BCUT2D eigenvalue weighted by molar-refractivity contribution is 7.45. The lowest BCUT2D eigenvalue weighted by Crippen LogP contribution is -2.37. The number of aliphatic hydroxyl groups excluding tert-OH is 3. The molecule has 1 fully saturated rings. The molecule has 1 aliphatic carbocycles. The number of nitrogens with zero attached hydrogens (tertiary/aromatic N) is 1. The van der Waals surface area contributed by atoms with Gasteiger partial charge >= 0.3 is 11.9 Å². The SMILES string of the molecule is CCCCCCCCCCCCCCCC(=O)OC[C@H](COP(=O)([O-])OCC[N+](C)(C)C)OC(=O)CCC/C=C/C[C@@H]1[C@@H](/C=C/[C@@H](O)CCCCC)[C@H](O)C[C@@H]1O. The quantitative estimate of drug-likeness (QED) is 0.0183. The van der Waals surface area contributed by atoms with Gasteiger partial charge in [-0.1, -0.05) is 134 Å². The monoisotopic (exact) mass is 832 g/mol. The molecule has 0 aromatic heterocycles. The van der Waals surface area contributed by atoms with Gasteiger partial charge in [-0.3, -0.25) is 14.2 Å². The minimum absolute atomic E-state index is 0.0504. The standard InChI is InChI=1S/C44H82NO11P/c1-6-8-10-11-12-13-14-15-16-17-18-19-24-28-43(49)53-35-38(36-55-57(51,52)54-33-32-45(3,4)5)56-44(50)29-25-21-20-23-27-39-40(42(48)34-41(39)47)31-30-37(46)26-22-9-7-2/h20,23,30-31,37-42,46-48H,6-19,21-22,24-29,32-36H2,1-5H3/b23-20+,31-30+/t37-,38+,39+,40+,41-,42+/m0/s1. The number of ether oxygens (including phenoxy) is 2. The number of aliphatic hydroxyl groups is 3. The molecule has 0 aliphatic heterocycles. The van der Waals surface area contributed by atoms with Crippen molar-refractivity contribution in [1.29, 1.82) is 0 Å². The van der Waals surface area contributed by atoms with Gasteiger partial charge in [0, 0.05) is 25.2 Å². The Balaban J connectivity index is 2.52. The highest BCUT2D eigenvalue weighted by atomic mass is 31.2. The number of carbonyl (C=O) groups is 2. The van der Waals surface area contributed by atoms with Gasteiger partial charge in [0.05, 0.1) is 46.1 Å². The van der Waals surface area contributed by atoms with Gasteiger partial charge in [-0.25, -0.2) is 0 Å². The lowest BCUT2D eigenvalue weighted by Gasteiger charge is -2.28. The average molecular weight is 832 g/mol. The Morgan fingerprint density at radius 2 is 1.35 bits per heavy atom. The van der Waals surface area contributed by atoms with Gasteiger partial charge in [0.15, 0.2) is 6.10 Å². The Morgan fingerprint density at radius 3 is 1.96 bits per heavy atom. The first-order valence-corrected chi connectivity index (χ1v) is 23.8. The molecule has 0 bridgehead atoms. The van der Waals surface area contributed by atoms with E-state index >= 15 is 0 Å². The normalized spacial score (nSPS) is 20.9. The molecule has 1 unspecified atom stereocenters. The van der Waals surface area contributed by atoms with Crippen LogP contribution in [0.25, 0.3) is 0 Å². The Hall–Kier alpha value is -1.63. The van der Waals surface area contributed by atoms with Crippen LogP contribution < -0.4 is 4.89 Å². The maximum absolute atomic E-state index is 12.8. The Labute approximate surface area is 346 Å². The molecule has 57 heavy (non-hydrogen) atoms. The minimum atomic E-state index is -4.69. The van der Waals surface area contributed by atoms with Crippen LogP contribution in [0.4, 0.5) is 0 Å². The van der Waals surface area contributed by atoms with Crippen molar-refractivity contribution in [3.63, 3.8) is 0 Å². The Morgan fingerprint density at radius 1 is 0.772 bits per heavy atom. The van der Waals surface area contributed by atoms with Gasteiger partial charge in [-0.2, -0.15) is 0 Å². The van der Waals surface area contributed by atoms with Crippen molar-refractivity contribution in [1.82, 2.24) is 0 Å². The van der Waals surface area contributed by atoms with Gasteiger partial charge in [-0.15, -0.1) is 0 Å². The molecule has 1 aliphatic rings. The maximum Gasteiger partial charge on any atom is 0.306 e. The van der Waals surface area contributed by atoms with Crippen LogP contribution >= 0.6 is 7.82 Å². The fourth-order valence-electron chi connectivity index (χ4n) is 6.94. The zero-order valence-corrected chi connectivity index (χ0v) is 37.3. The van der Waals surface area contributed by atoms with E-state index in [2.05, 4.69) is 13.8 Å². The Kier molecular flexibility index (Phi) is 30.1. The zero-order chi connectivity index (χ0) is 42.4. The third kappa shape index (κ3) is 29.3. The highest BCUT2D eigenvalue weighted by Crippen LogP contribution is 2.38. The van der Waals surface area contributed by atoms with E-state index in [1.165, 1.54) is 57.8 Å². The molecule has 0 heterocycles. The molecule has 0 spiro atoms. The summed E-state index contributed by atoms with van der Waals surface area (Å²) in [6.45, 7) is 3.84. The molecular weight excluding hydrogens is 749 g/mol. The van der Waals surface area contributed by atoms with Crippen molar-refractivity contribution in [3.05, 3.63) is 24.3 Å². The second-order valence-corrected chi connectivity index (χ2v) is 18.4. The number of esters is 2.